The molecule has 112 valence electrons. The van der Waals surface area contributed by atoms with E-state index in [9.17, 15) is 4.79 Å². The highest BCUT2D eigenvalue weighted by atomic mass is 16.3. The summed E-state index contributed by atoms with van der Waals surface area (Å²) in [7, 11) is 1.77. The number of aryl methyl sites for hydroxylation is 1. The van der Waals surface area contributed by atoms with E-state index in [1.54, 1.807) is 24.3 Å². The molecule has 0 aromatic carbocycles. The van der Waals surface area contributed by atoms with E-state index in [1.807, 2.05) is 19.1 Å². The smallest absolute Gasteiger partial charge is 0.230 e. The SMILES string of the molecule is Cc1ccc(CC(=O)N(C)Cc2cnc(C(C)C)nc2)o1. The second kappa shape index (κ2) is 6.52. The van der Waals surface area contributed by atoms with Gasteiger partial charge in [0.2, 0.25) is 5.91 Å². The summed E-state index contributed by atoms with van der Waals surface area (Å²) in [6, 6.07) is 3.70. The van der Waals surface area contributed by atoms with Crippen LogP contribution in [0.25, 0.3) is 0 Å². The third kappa shape index (κ3) is 4.15. The van der Waals surface area contributed by atoms with E-state index in [2.05, 4.69) is 23.8 Å². The Kier molecular flexibility index (Phi) is 4.73. The first-order valence-corrected chi connectivity index (χ1v) is 7.06. The Hall–Kier alpha value is -2.17. The third-order valence-corrected chi connectivity index (χ3v) is 3.21. The fourth-order valence-electron chi connectivity index (χ4n) is 1.97. The third-order valence-electron chi connectivity index (χ3n) is 3.21. The molecule has 0 radical (unpaired) electrons. The molecule has 0 N–H and O–H groups in total. The van der Waals surface area contributed by atoms with Gasteiger partial charge in [0.15, 0.2) is 0 Å². The zero-order chi connectivity index (χ0) is 15.4. The van der Waals surface area contributed by atoms with Gasteiger partial charge in [0.25, 0.3) is 0 Å². The lowest BCUT2D eigenvalue weighted by atomic mass is 10.2. The Bertz CT molecular complexity index is 602. The molecular formula is C16H21N3O2. The lowest BCUT2D eigenvalue weighted by molar-refractivity contribution is -0.129. The van der Waals surface area contributed by atoms with Crippen molar-refractivity contribution in [1.82, 2.24) is 14.9 Å². The van der Waals surface area contributed by atoms with Gasteiger partial charge in [0.05, 0.1) is 6.42 Å². The number of carbonyl (C=O) groups is 1. The van der Waals surface area contributed by atoms with E-state index in [0.29, 0.717) is 18.2 Å². The maximum Gasteiger partial charge on any atom is 0.230 e. The summed E-state index contributed by atoms with van der Waals surface area (Å²) < 4.78 is 5.42. The molecule has 2 aromatic heterocycles. The van der Waals surface area contributed by atoms with Gasteiger partial charge < -0.3 is 9.32 Å². The van der Waals surface area contributed by atoms with Crippen LogP contribution in [0.2, 0.25) is 0 Å². The van der Waals surface area contributed by atoms with Crippen molar-refractivity contribution in [2.75, 3.05) is 7.05 Å². The van der Waals surface area contributed by atoms with Crippen LogP contribution in [0.1, 0.15) is 42.7 Å². The van der Waals surface area contributed by atoms with Gasteiger partial charge in [-0.05, 0) is 19.1 Å². The molecule has 0 fully saturated rings. The van der Waals surface area contributed by atoms with Crippen LogP contribution in [-0.4, -0.2) is 27.8 Å². The van der Waals surface area contributed by atoms with E-state index in [1.165, 1.54) is 0 Å². The Balaban J connectivity index is 1.93. The topological polar surface area (TPSA) is 59.2 Å². The molecule has 0 atom stereocenters. The van der Waals surface area contributed by atoms with Crippen LogP contribution >= 0.6 is 0 Å². The zero-order valence-corrected chi connectivity index (χ0v) is 13.0. The summed E-state index contributed by atoms with van der Waals surface area (Å²) in [5.74, 6) is 2.64. The van der Waals surface area contributed by atoms with Gasteiger partial charge >= 0.3 is 0 Å². The highest BCUT2D eigenvalue weighted by molar-refractivity contribution is 5.77. The maximum absolute atomic E-state index is 12.1. The second-order valence-electron chi connectivity index (χ2n) is 5.54. The predicted molar refractivity (Wildman–Crippen MR) is 79.7 cm³/mol. The Morgan fingerprint density at radius 1 is 1.29 bits per heavy atom. The molecule has 0 bridgehead atoms. The molecule has 21 heavy (non-hydrogen) atoms. The summed E-state index contributed by atoms with van der Waals surface area (Å²) in [6.45, 7) is 6.47. The van der Waals surface area contributed by atoms with Gasteiger partial charge in [0, 0.05) is 37.5 Å². The van der Waals surface area contributed by atoms with Gasteiger partial charge in [-0.25, -0.2) is 9.97 Å². The van der Waals surface area contributed by atoms with E-state index < -0.39 is 0 Å². The largest absolute Gasteiger partial charge is 0.466 e. The van der Waals surface area contributed by atoms with Gasteiger partial charge in [-0.1, -0.05) is 13.8 Å². The van der Waals surface area contributed by atoms with Crippen molar-refractivity contribution in [1.29, 1.82) is 0 Å². The van der Waals surface area contributed by atoms with Crippen molar-refractivity contribution < 1.29 is 9.21 Å². The number of amides is 1. The van der Waals surface area contributed by atoms with Crippen molar-refractivity contribution in [3.05, 3.63) is 47.4 Å². The quantitative estimate of drug-likeness (QED) is 0.848. The first-order valence-electron chi connectivity index (χ1n) is 7.06. The number of carbonyl (C=O) groups excluding carboxylic acids is 1. The lowest BCUT2D eigenvalue weighted by Crippen LogP contribution is -2.27. The van der Waals surface area contributed by atoms with Crippen LogP contribution in [0, 0.1) is 6.92 Å². The number of nitrogens with zero attached hydrogens (tertiary/aromatic N) is 3. The standard InChI is InChI=1S/C16H21N3O2/c1-11(2)16-17-8-13(9-18-16)10-19(4)15(20)7-14-6-5-12(3)21-14/h5-6,8-9,11H,7,10H2,1-4H3. The molecule has 0 saturated heterocycles. The van der Waals surface area contributed by atoms with E-state index in [4.69, 9.17) is 4.42 Å². The molecule has 2 aromatic rings. The molecule has 0 spiro atoms. The molecule has 0 unspecified atom stereocenters. The number of furan rings is 1. The molecule has 0 aliphatic heterocycles. The molecule has 0 aliphatic rings. The molecule has 1 amide bonds. The molecule has 5 heteroatoms. The van der Waals surface area contributed by atoms with E-state index >= 15 is 0 Å². The summed E-state index contributed by atoms with van der Waals surface area (Å²) >= 11 is 0. The monoisotopic (exact) mass is 287 g/mol. The maximum atomic E-state index is 12.1. The Labute approximate surface area is 125 Å². The molecule has 0 saturated carbocycles. The molecule has 2 heterocycles. The summed E-state index contributed by atoms with van der Waals surface area (Å²) in [5, 5.41) is 0. The number of hydrogen-bond acceptors (Lipinski definition) is 4. The minimum Gasteiger partial charge on any atom is -0.466 e. The van der Waals surface area contributed by atoms with Gasteiger partial charge in [0.1, 0.15) is 17.3 Å². The highest BCUT2D eigenvalue weighted by Crippen LogP contribution is 2.11. The minimum atomic E-state index is 0.0114. The first-order chi connectivity index (χ1) is 9.95. The van der Waals surface area contributed by atoms with Crippen molar-refractivity contribution in [2.45, 2.75) is 39.7 Å². The molecule has 5 nitrogen and oxygen atoms in total. The fraction of sp³-hybridized carbons (Fsp3) is 0.438. The Morgan fingerprint density at radius 3 is 2.48 bits per heavy atom. The number of hydrogen-bond donors (Lipinski definition) is 0. The molecule has 0 aliphatic carbocycles. The van der Waals surface area contributed by atoms with Crippen molar-refractivity contribution in [3.63, 3.8) is 0 Å². The van der Waals surface area contributed by atoms with Crippen molar-refractivity contribution >= 4 is 5.91 Å². The van der Waals surface area contributed by atoms with Crippen LogP contribution in [0.5, 0.6) is 0 Å². The van der Waals surface area contributed by atoms with Gasteiger partial charge in [-0.15, -0.1) is 0 Å². The summed E-state index contributed by atoms with van der Waals surface area (Å²) in [6.07, 6.45) is 3.83. The fourth-order valence-corrected chi connectivity index (χ4v) is 1.97. The van der Waals surface area contributed by atoms with Crippen LogP contribution in [0.4, 0.5) is 0 Å². The first kappa shape index (κ1) is 15.2. The zero-order valence-electron chi connectivity index (χ0n) is 13.0. The number of rotatable bonds is 5. The minimum absolute atomic E-state index is 0.0114. The van der Waals surface area contributed by atoms with E-state index in [-0.39, 0.29) is 12.3 Å². The highest BCUT2D eigenvalue weighted by Gasteiger charge is 2.13. The van der Waals surface area contributed by atoms with E-state index in [0.717, 1.165) is 17.1 Å². The summed E-state index contributed by atoms with van der Waals surface area (Å²) in [5.41, 5.74) is 0.922. The van der Waals surface area contributed by atoms with Crippen LogP contribution < -0.4 is 0 Å². The molecular weight excluding hydrogens is 266 g/mol. The normalized spacial score (nSPS) is 10.9. The van der Waals surface area contributed by atoms with Gasteiger partial charge in [-0.3, -0.25) is 4.79 Å². The second-order valence-corrected chi connectivity index (χ2v) is 5.54. The van der Waals surface area contributed by atoms with Gasteiger partial charge in [-0.2, -0.15) is 0 Å². The predicted octanol–water partition coefficient (Wildman–Crippen LogP) is 2.70. The number of aromatic nitrogens is 2. The van der Waals surface area contributed by atoms with Crippen LogP contribution in [0.3, 0.4) is 0 Å². The van der Waals surface area contributed by atoms with Crippen LogP contribution in [-0.2, 0) is 17.8 Å². The van der Waals surface area contributed by atoms with Crippen molar-refractivity contribution in [2.24, 2.45) is 0 Å². The average molecular weight is 287 g/mol. The lowest BCUT2D eigenvalue weighted by Gasteiger charge is -2.16. The van der Waals surface area contributed by atoms with Crippen molar-refractivity contribution in [3.8, 4) is 0 Å². The number of likely N-dealkylation sites (N-methyl/N-ethyl adjacent to an activating group) is 1. The average Bonchev–Trinajstić information content (AvgIpc) is 2.84. The summed E-state index contributed by atoms with van der Waals surface area (Å²) in [4.78, 5) is 22.4. The molecule has 2 rings (SSSR count). The Morgan fingerprint density at radius 2 is 1.95 bits per heavy atom. The van der Waals surface area contributed by atoms with Crippen LogP contribution in [0.15, 0.2) is 28.9 Å².